The van der Waals surface area contributed by atoms with Crippen molar-refractivity contribution in [2.24, 2.45) is 0 Å². The summed E-state index contributed by atoms with van der Waals surface area (Å²) >= 11 is 3.56. The van der Waals surface area contributed by atoms with E-state index in [0.29, 0.717) is 0 Å². The molecule has 0 amide bonds. The molecule has 0 aliphatic carbocycles. The molecule has 5 rings (SSSR count). The second kappa shape index (κ2) is 5.58. The van der Waals surface area contributed by atoms with E-state index in [-0.39, 0.29) is 0 Å². The summed E-state index contributed by atoms with van der Waals surface area (Å²) in [4.78, 5) is 9.34. The van der Waals surface area contributed by atoms with Crippen molar-refractivity contribution in [2.75, 3.05) is 11.9 Å². The summed E-state index contributed by atoms with van der Waals surface area (Å²) in [6.07, 6.45) is 2.27. The van der Waals surface area contributed by atoms with Crippen LogP contribution in [-0.4, -0.2) is 12.0 Å². The van der Waals surface area contributed by atoms with E-state index in [2.05, 4.69) is 83.9 Å². The van der Waals surface area contributed by atoms with E-state index in [1.165, 1.54) is 31.5 Å². The Bertz CT molecular complexity index is 1160. The number of aromatic nitrogens is 2. The Morgan fingerprint density at radius 1 is 1.08 bits per heavy atom. The maximum atomic E-state index is 4.74. The molecule has 0 radical (unpaired) electrons. The van der Waals surface area contributed by atoms with Crippen LogP contribution in [0.3, 0.4) is 0 Å². The lowest BCUT2D eigenvalue weighted by Gasteiger charge is -2.12. The highest BCUT2D eigenvalue weighted by Crippen LogP contribution is 2.45. The summed E-state index contributed by atoms with van der Waals surface area (Å²) in [5, 5.41) is 1.23. The van der Waals surface area contributed by atoms with Crippen molar-refractivity contribution in [3.8, 4) is 0 Å². The van der Waals surface area contributed by atoms with E-state index in [1.807, 2.05) is 11.8 Å². The number of nitrogens with zero attached hydrogens (tertiary/aromatic N) is 3. The van der Waals surface area contributed by atoms with Crippen molar-refractivity contribution in [2.45, 2.75) is 11.8 Å². The normalized spacial score (nSPS) is 15.4. The van der Waals surface area contributed by atoms with Crippen LogP contribution in [0.1, 0.15) is 11.4 Å². The summed E-state index contributed by atoms with van der Waals surface area (Å²) < 4.78 is 3.52. The Labute approximate surface area is 154 Å². The number of thioether (sulfide) groups is 1. The van der Waals surface area contributed by atoms with Gasteiger partial charge in [0.1, 0.15) is 5.69 Å². The molecule has 0 unspecified atom stereocenters. The van der Waals surface area contributed by atoms with Crippen LogP contribution in [0.5, 0.6) is 0 Å². The maximum Gasteiger partial charge on any atom is 0.388 e. The van der Waals surface area contributed by atoms with Crippen LogP contribution in [-0.2, 0) is 0 Å². The number of hydrogen-bond donors (Lipinski definition) is 0. The Morgan fingerprint density at radius 3 is 2.76 bits per heavy atom. The largest absolute Gasteiger partial charge is 0.388 e. The standard InChI is InChI=1S/C20H16N3S2/c1-13-11-14(12-19-22(2)15-7-3-5-9-17(15)24-19)23-16-8-4-6-10-18(16)25-20(23)21-13/h3-12H,1-2H3/q+1. The highest BCUT2D eigenvalue weighted by Gasteiger charge is 2.24. The molecule has 2 aromatic heterocycles. The predicted octanol–water partition coefficient (Wildman–Crippen LogP) is 4.88. The molecule has 0 saturated carbocycles. The minimum atomic E-state index is 1.04. The molecule has 5 heteroatoms. The molecule has 122 valence electrons. The minimum Gasteiger partial charge on any atom is -0.338 e. The third kappa shape index (κ3) is 2.34. The van der Waals surface area contributed by atoms with Crippen LogP contribution in [0, 0.1) is 6.92 Å². The zero-order chi connectivity index (χ0) is 17.0. The number of hydrogen-bond acceptors (Lipinski definition) is 4. The molecule has 0 N–H and O–H groups in total. The molecule has 3 heterocycles. The SMILES string of the molecule is Cc1cc(/C=C2\Sc3ccccc3N2C)[n+]2c(n1)sc1ccccc12. The number of benzene rings is 2. The Morgan fingerprint density at radius 2 is 1.88 bits per heavy atom. The van der Waals surface area contributed by atoms with Crippen LogP contribution in [0.2, 0.25) is 0 Å². The summed E-state index contributed by atoms with van der Waals surface area (Å²) in [6, 6.07) is 19.2. The lowest BCUT2D eigenvalue weighted by atomic mass is 10.3. The van der Waals surface area contributed by atoms with Crippen LogP contribution < -0.4 is 9.30 Å². The summed E-state index contributed by atoms with van der Waals surface area (Å²) in [7, 11) is 2.13. The molecule has 0 saturated heterocycles. The number of rotatable bonds is 1. The van der Waals surface area contributed by atoms with E-state index < -0.39 is 0 Å². The van der Waals surface area contributed by atoms with Gasteiger partial charge in [-0.2, -0.15) is 4.40 Å². The monoisotopic (exact) mass is 362 g/mol. The van der Waals surface area contributed by atoms with Gasteiger partial charge in [0.05, 0.1) is 15.4 Å². The number of aryl methyl sites for hydroxylation is 1. The molecule has 2 aromatic carbocycles. The van der Waals surface area contributed by atoms with Crippen molar-refractivity contribution >= 4 is 50.0 Å². The van der Waals surface area contributed by atoms with Crippen molar-refractivity contribution in [1.29, 1.82) is 0 Å². The maximum absolute atomic E-state index is 4.74. The molecule has 0 bridgehead atoms. The lowest BCUT2D eigenvalue weighted by molar-refractivity contribution is -0.482. The minimum absolute atomic E-state index is 1.04. The second-order valence-corrected chi connectivity index (χ2v) is 8.19. The van der Waals surface area contributed by atoms with Gasteiger partial charge in [-0.3, -0.25) is 0 Å². The van der Waals surface area contributed by atoms with Gasteiger partial charge in [-0.15, -0.1) is 0 Å². The van der Waals surface area contributed by atoms with Gasteiger partial charge in [0.2, 0.25) is 0 Å². The molecule has 1 aliphatic heterocycles. The van der Waals surface area contributed by atoms with Crippen LogP contribution in [0.25, 0.3) is 21.3 Å². The first-order chi connectivity index (χ1) is 12.2. The first-order valence-corrected chi connectivity index (χ1v) is 9.77. The van der Waals surface area contributed by atoms with E-state index >= 15 is 0 Å². The summed E-state index contributed by atoms with van der Waals surface area (Å²) in [5.74, 6) is 0. The Balaban J connectivity index is 1.74. The molecule has 3 nitrogen and oxygen atoms in total. The third-order valence-electron chi connectivity index (χ3n) is 4.43. The molecular formula is C20H16N3S2+. The van der Waals surface area contributed by atoms with E-state index in [1.54, 1.807) is 11.3 Å². The van der Waals surface area contributed by atoms with Gasteiger partial charge < -0.3 is 4.90 Å². The van der Waals surface area contributed by atoms with Gasteiger partial charge in [-0.25, -0.2) is 0 Å². The zero-order valence-corrected chi connectivity index (χ0v) is 15.6. The van der Waals surface area contributed by atoms with Gasteiger partial charge in [0.25, 0.3) is 0 Å². The zero-order valence-electron chi connectivity index (χ0n) is 13.9. The van der Waals surface area contributed by atoms with Crippen molar-refractivity contribution in [3.63, 3.8) is 0 Å². The quantitative estimate of drug-likeness (QED) is 0.450. The van der Waals surface area contributed by atoms with Gasteiger partial charge in [-0.1, -0.05) is 36.0 Å². The summed E-state index contributed by atoms with van der Waals surface area (Å²) in [5.41, 5.74) is 4.69. The summed E-state index contributed by atoms with van der Waals surface area (Å²) in [6.45, 7) is 2.06. The van der Waals surface area contributed by atoms with Crippen LogP contribution in [0.15, 0.2) is 64.5 Å². The van der Waals surface area contributed by atoms with E-state index in [0.717, 1.165) is 10.7 Å². The van der Waals surface area contributed by atoms with Gasteiger partial charge >= 0.3 is 4.96 Å². The lowest BCUT2D eigenvalue weighted by Crippen LogP contribution is -2.25. The van der Waals surface area contributed by atoms with Gasteiger partial charge in [0, 0.05) is 31.0 Å². The van der Waals surface area contributed by atoms with Crippen molar-refractivity contribution in [3.05, 3.63) is 71.0 Å². The fraction of sp³-hybridized carbons (Fsp3) is 0.100. The van der Waals surface area contributed by atoms with Crippen LogP contribution >= 0.6 is 23.1 Å². The third-order valence-corrected chi connectivity index (χ3v) is 6.62. The first-order valence-electron chi connectivity index (χ1n) is 8.14. The highest BCUT2D eigenvalue weighted by atomic mass is 32.2. The molecule has 0 spiro atoms. The average molecular weight is 363 g/mol. The Kier molecular flexibility index (Phi) is 3.33. The highest BCUT2D eigenvalue weighted by molar-refractivity contribution is 8.03. The van der Waals surface area contributed by atoms with E-state index in [4.69, 9.17) is 4.98 Å². The number of thiazole rings is 1. The van der Waals surface area contributed by atoms with Crippen LogP contribution in [0.4, 0.5) is 5.69 Å². The molecule has 4 aromatic rings. The van der Waals surface area contributed by atoms with Gasteiger partial charge in [0.15, 0.2) is 11.2 Å². The van der Waals surface area contributed by atoms with Crippen molar-refractivity contribution in [1.82, 2.24) is 4.98 Å². The molecule has 0 atom stereocenters. The van der Waals surface area contributed by atoms with Crippen molar-refractivity contribution < 1.29 is 4.40 Å². The molecule has 0 fully saturated rings. The topological polar surface area (TPSA) is 20.2 Å². The smallest absolute Gasteiger partial charge is 0.338 e. The fourth-order valence-electron chi connectivity index (χ4n) is 3.24. The Hall–Kier alpha value is -2.37. The fourth-order valence-corrected chi connectivity index (χ4v) is 5.43. The number of anilines is 1. The van der Waals surface area contributed by atoms with Gasteiger partial charge in [-0.05, 0) is 40.6 Å². The number of fused-ring (bicyclic) bond motifs is 4. The van der Waals surface area contributed by atoms with E-state index in [9.17, 15) is 0 Å². The first kappa shape index (κ1) is 14.9. The molecule has 25 heavy (non-hydrogen) atoms. The molecule has 1 aliphatic rings. The molecular weight excluding hydrogens is 346 g/mol. The number of para-hydroxylation sites is 2. The predicted molar refractivity (Wildman–Crippen MR) is 106 cm³/mol. The average Bonchev–Trinajstić information content (AvgIpc) is 3.13. The second-order valence-electron chi connectivity index (χ2n) is 6.12.